The first-order valence-electron chi connectivity index (χ1n) is 12.5. The number of ketones is 1. The van der Waals surface area contributed by atoms with Gasteiger partial charge in [-0.2, -0.15) is 5.10 Å². The molecule has 0 aliphatic rings. The third-order valence-corrected chi connectivity index (χ3v) is 7.13. The number of hydrogen-bond donors (Lipinski definition) is 3. The molecule has 2 heterocycles. The molecule has 0 saturated carbocycles. The monoisotopic (exact) mass is 595 g/mol. The van der Waals surface area contributed by atoms with Crippen molar-refractivity contribution in [2.75, 3.05) is 19.0 Å². The number of benzene rings is 2. The topological polar surface area (TPSA) is 135 Å². The lowest BCUT2D eigenvalue weighted by atomic mass is 10.00. The van der Waals surface area contributed by atoms with E-state index in [0.29, 0.717) is 45.5 Å². The van der Waals surface area contributed by atoms with Gasteiger partial charge in [0, 0.05) is 48.6 Å². The molecule has 2 aromatic carbocycles. The van der Waals surface area contributed by atoms with Crippen molar-refractivity contribution in [3.05, 3.63) is 92.3 Å². The molecular formula is C29H27Cl2N5O5. The first-order valence-corrected chi connectivity index (χ1v) is 13.2. The van der Waals surface area contributed by atoms with Gasteiger partial charge in [0.05, 0.1) is 28.5 Å². The fourth-order valence-electron chi connectivity index (χ4n) is 4.06. The van der Waals surface area contributed by atoms with Crippen LogP contribution in [0.5, 0.6) is 5.88 Å². The van der Waals surface area contributed by atoms with Crippen LogP contribution in [0.25, 0.3) is 22.4 Å². The second-order valence-corrected chi connectivity index (χ2v) is 9.84. The SMILES string of the molecule is COc1nc(-c2cccc(-c3cccc(NC(=O)c4ccnn(C)c4=O)c3Cl)c2Cl)ccc1CNCC(O)C(C)=O. The first kappa shape index (κ1) is 29.9. The van der Waals surface area contributed by atoms with Gasteiger partial charge in [0.25, 0.3) is 11.5 Å². The van der Waals surface area contributed by atoms with Gasteiger partial charge in [0.1, 0.15) is 11.7 Å². The standard InChI is InChI=1S/C29H27Cl2N5O5/c1-16(37)24(38)15-32-14-17-10-11-22(35-28(17)41-3)20-8-4-6-18(25(20)30)19-7-5-9-23(26(19)31)34-27(39)21-12-13-33-36(2)29(21)40/h4-13,24,32,38H,14-15H2,1-3H3,(H,34,39). The van der Waals surface area contributed by atoms with Crippen molar-refractivity contribution in [1.29, 1.82) is 0 Å². The van der Waals surface area contributed by atoms with Gasteiger partial charge < -0.3 is 20.5 Å². The van der Waals surface area contributed by atoms with Crippen molar-refractivity contribution in [3.8, 4) is 28.3 Å². The van der Waals surface area contributed by atoms with Crippen LogP contribution in [0.1, 0.15) is 22.8 Å². The Labute approximate surface area is 245 Å². The van der Waals surface area contributed by atoms with Crippen molar-refractivity contribution in [1.82, 2.24) is 20.1 Å². The number of carbonyl (C=O) groups excluding carboxylic acids is 2. The van der Waals surface area contributed by atoms with Crippen LogP contribution < -0.4 is 20.9 Å². The van der Waals surface area contributed by atoms with Gasteiger partial charge in [-0.3, -0.25) is 14.4 Å². The molecule has 41 heavy (non-hydrogen) atoms. The Morgan fingerprint density at radius 2 is 1.71 bits per heavy atom. The summed E-state index contributed by atoms with van der Waals surface area (Å²) in [5.41, 5.74) is 2.78. The van der Waals surface area contributed by atoms with E-state index in [2.05, 4.69) is 20.7 Å². The number of Topliss-reactive ketones (excluding diaryl/α,β-unsaturated/α-hetero) is 1. The van der Waals surface area contributed by atoms with Crippen molar-refractivity contribution in [2.24, 2.45) is 7.05 Å². The molecule has 4 aromatic rings. The molecule has 1 atom stereocenters. The van der Waals surface area contributed by atoms with Crippen LogP contribution in [0.4, 0.5) is 5.69 Å². The largest absolute Gasteiger partial charge is 0.481 e. The van der Waals surface area contributed by atoms with Gasteiger partial charge >= 0.3 is 0 Å². The zero-order chi connectivity index (χ0) is 29.7. The number of nitrogens with one attached hydrogen (secondary N) is 2. The minimum atomic E-state index is -1.09. The predicted molar refractivity (Wildman–Crippen MR) is 158 cm³/mol. The Morgan fingerprint density at radius 1 is 1.02 bits per heavy atom. The smallest absolute Gasteiger partial charge is 0.279 e. The number of anilines is 1. The summed E-state index contributed by atoms with van der Waals surface area (Å²) in [4.78, 5) is 41.0. The summed E-state index contributed by atoms with van der Waals surface area (Å²) in [6.07, 6.45) is 0.279. The Balaban J connectivity index is 1.62. The molecule has 12 heteroatoms. The average Bonchev–Trinajstić information content (AvgIpc) is 2.96. The van der Waals surface area contributed by atoms with E-state index < -0.39 is 17.6 Å². The highest BCUT2D eigenvalue weighted by Crippen LogP contribution is 2.41. The van der Waals surface area contributed by atoms with E-state index in [4.69, 9.17) is 27.9 Å². The molecule has 4 rings (SSSR count). The molecule has 0 aliphatic carbocycles. The van der Waals surface area contributed by atoms with E-state index in [1.165, 1.54) is 33.3 Å². The van der Waals surface area contributed by atoms with Crippen LogP contribution in [0.3, 0.4) is 0 Å². The molecule has 0 radical (unpaired) electrons. The van der Waals surface area contributed by atoms with Crippen LogP contribution in [-0.4, -0.2) is 51.3 Å². The second kappa shape index (κ2) is 13.0. The third-order valence-electron chi connectivity index (χ3n) is 6.32. The molecular weight excluding hydrogens is 569 g/mol. The number of aromatic nitrogens is 3. The number of methoxy groups -OCH3 is 1. The highest BCUT2D eigenvalue weighted by molar-refractivity contribution is 6.39. The number of amides is 1. The van der Waals surface area contributed by atoms with Crippen molar-refractivity contribution in [2.45, 2.75) is 19.6 Å². The zero-order valence-electron chi connectivity index (χ0n) is 22.4. The normalized spacial score (nSPS) is 11.7. The van der Waals surface area contributed by atoms with E-state index in [1.807, 2.05) is 18.2 Å². The lowest BCUT2D eigenvalue weighted by Crippen LogP contribution is -2.31. The predicted octanol–water partition coefficient (Wildman–Crippen LogP) is 4.12. The van der Waals surface area contributed by atoms with Gasteiger partial charge in [-0.15, -0.1) is 0 Å². The van der Waals surface area contributed by atoms with Crippen LogP contribution in [-0.2, 0) is 18.4 Å². The first-order chi connectivity index (χ1) is 19.6. The number of carbonyl (C=O) groups is 2. The zero-order valence-corrected chi connectivity index (χ0v) is 24.0. The minimum absolute atomic E-state index is 0.0716. The van der Waals surface area contributed by atoms with Gasteiger partial charge in [-0.05, 0) is 25.1 Å². The number of aryl methyl sites for hydroxylation is 1. The summed E-state index contributed by atoms with van der Waals surface area (Å²) in [6, 6.07) is 15.5. The molecule has 0 saturated heterocycles. The molecule has 0 bridgehead atoms. The summed E-state index contributed by atoms with van der Waals surface area (Å²) in [5, 5.41) is 19.9. The number of hydrogen-bond acceptors (Lipinski definition) is 8. The number of pyridine rings is 1. The molecule has 3 N–H and O–H groups in total. The minimum Gasteiger partial charge on any atom is -0.481 e. The van der Waals surface area contributed by atoms with E-state index in [-0.39, 0.29) is 22.9 Å². The Hall–Kier alpha value is -4.09. The quantitative estimate of drug-likeness (QED) is 0.249. The Morgan fingerprint density at radius 3 is 2.41 bits per heavy atom. The number of halogens is 2. The van der Waals surface area contributed by atoms with Crippen LogP contribution in [0.15, 0.2) is 65.6 Å². The summed E-state index contributed by atoms with van der Waals surface area (Å²) >= 11 is 13.6. The number of rotatable bonds is 10. The molecule has 1 unspecified atom stereocenters. The number of aliphatic hydroxyl groups excluding tert-OH is 1. The van der Waals surface area contributed by atoms with Crippen molar-refractivity contribution < 1.29 is 19.4 Å². The highest BCUT2D eigenvalue weighted by Gasteiger charge is 2.19. The maximum atomic E-state index is 12.8. The lowest BCUT2D eigenvalue weighted by Gasteiger charge is -2.15. The molecule has 0 spiro atoms. The van der Waals surface area contributed by atoms with Crippen LogP contribution in [0, 0.1) is 0 Å². The summed E-state index contributed by atoms with van der Waals surface area (Å²) in [6.45, 7) is 1.76. The van der Waals surface area contributed by atoms with Gasteiger partial charge in [0.2, 0.25) is 5.88 Å². The molecule has 212 valence electrons. The van der Waals surface area contributed by atoms with Gasteiger partial charge in [0.15, 0.2) is 5.78 Å². The molecule has 0 fully saturated rings. The second-order valence-electron chi connectivity index (χ2n) is 9.08. The summed E-state index contributed by atoms with van der Waals surface area (Å²) in [7, 11) is 2.96. The van der Waals surface area contributed by atoms with E-state index >= 15 is 0 Å². The molecule has 1 amide bonds. The fraction of sp³-hybridized carbons (Fsp3) is 0.207. The number of nitrogens with zero attached hydrogens (tertiary/aromatic N) is 3. The van der Waals surface area contributed by atoms with E-state index in [1.54, 1.807) is 30.3 Å². The number of ether oxygens (including phenoxy) is 1. The van der Waals surface area contributed by atoms with E-state index in [0.717, 1.165) is 10.2 Å². The van der Waals surface area contributed by atoms with Gasteiger partial charge in [-0.25, -0.2) is 9.67 Å². The maximum Gasteiger partial charge on any atom is 0.279 e. The van der Waals surface area contributed by atoms with Crippen molar-refractivity contribution in [3.63, 3.8) is 0 Å². The molecule has 2 aromatic heterocycles. The highest BCUT2D eigenvalue weighted by atomic mass is 35.5. The fourth-order valence-corrected chi connectivity index (χ4v) is 4.66. The van der Waals surface area contributed by atoms with Gasteiger partial charge in [-0.1, -0.05) is 59.6 Å². The summed E-state index contributed by atoms with van der Waals surface area (Å²) in [5.74, 6) is -0.577. The third kappa shape index (κ3) is 6.63. The Bertz CT molecular complexity index is 1670. The lowest BCUT2D eigenvalue weighted by molar-refractivity contribution is -0.124. The molecule has 0 aliphatic heterocycles. The van der Waals surface area contributed by atoms with Crippen LogP contribution >= 0.6 is 23.2 Å². The van der Waals surface area contributed by atoms with Crippen molar-refractivity contribution >= 4 is 40.6 Å². The maximum absolute atomic E-state index is 12.8. The van der Waals surface area contributed by atoms with E-state index in [9.17, 15) is 19.5 Å². The average molecular weight is 596 g/mol. The van der Waals surface area contributed by atoms with Crippen LogP contribution in [0.2, 0.25) is 10.0 Å². The summed E-state index contributed by atoms with van der Waals surface area (Å²) < 4.78 is 6.55. The number of aliphatic hydroxyl groups is 1. The molecule has 10 nitrogen and oxygen atoms in total. The Kier molecular flexibility index (Phi) is 9.51.